The number of hydrogen-bond donors (Lipinski definition) is 0. The molecule has 0 saturated heterocycles. The molecule has 0 radical (unpaired) electrons. The van der Waals surface area contributed by atoms with Gasteiger partial charge in [-0.2, -0.15) is 0 Å². The lowest BCUT2D eigenvalue weighted by Crippen LogP contribution is -2.55. The summed E-state index contributed by atoms with van der Waals surface area (Å²) in [6, 6.07) is -0.727. The van der Waals surface area contributed by atoms with Gasteiger partial charge in [0.2, 0.25) is 0 Å². The molecule has 8 nitrogen and oxygen atoms in total. The van der Waals surface area contributed by atoms with Gasteiger partial charge in [0.25, 0.3) is 0 Å². The van der Waals surface area contributed by atoms with Gasteiger partial charge in [-0.15, -0.1) is 0 Å². The number of aliphatic carboxylic acids is 1. The van der Waals surface area contributed by atoms with Crippen LogP contribution >= 0.6 is 0 Å². The summed E-state index contributed by atoms with van der Waals surface area (Å²) in [6.07, 6.45) is 42.6. The summed E-state index contributed by atoms with van der Waals surface area (Å²) in [4.78, 5) is 36.6. The van der Waals surface area contributed by atoms with Crippen molar-refractivity contribution >= 4 is 17.9 Å². The van der Waals surface area contributed by atoms with Gasteiger partial charge in [0.15, 0.2) is 6.10 Å². The molecule has 0 fully saturated rings. The highest BCUT2D eigenvalue weighted by atomic mass is 16.6. The standard InChI is InChI=1S/C45H77NO7/c1-6-8-10-12-14-15-16-17-18-19-20-21-22-23-24-25-26-27-28-30-31-33-35-43(47)52-40-41(39-51-38-37-42(45(49)50)46(3,4)5)53-44(48)36-34-32-29-13-11-9-7-2/h8,10,14-15,17-18,20-21,23-24,41-42H,6-7,9,11-13,16,19,22,25-40H2,1-5H3/b10-8+,15-14+,18-17+,21-20+,24-23+. The summed E-state index contributed by atoms with van der Waals surface area (Å²) in [5.41, 5.74) is 0. The van der Waals surface area contributed by atoms with E-state index >= 15 is 0 Å². The van der Waals surface area contributed by atoms with Crippen LogP contribution in [0.3, 0.4) is 0 Å². The SMILES string of the molecule is CC/C=C/C/C=C/C/C=C/C/C=C/C/C=C/CCCCCCCCC(=O)OCC(COCCC(C(=O)[O-])[N+](C)(C)C)OC(=O)CCCCCCCCC. The number of esters is 2. The maximum atomic E-state index is 12.6. The van der Waals surface area contributed by atoms with E-state index < -0.39 is 18.1 Å². The molecule has 0 rings (SSSR count). The molecule has 0 aromatic rings. The number of quaternary nitrogens is 1. The van der Waals surface area contributed by atoms with Crippen molar-refractivity contribution in [2.24, 2.45) is 0 Å². The molecule has 0 bridgehead atoms. The summed E-state index contributed by atoms with van der Waals surface area (Å²) >= 11 is 0. The molecule has 53 heavy (non-hydrogen) atoms. The maximum absolute atomic E-state index is 12.6. The smallest absolute Gasteiger partial charge is 0.306 e. The Hall–Kier alpha value is -2.97. The highest BCUT2D eigenvalue weighted by molar-refractivity contribution is 5.70. The quantitative estimate of drug-likeness (QED) is 0.0273. The Morgan fingerprint density at radius 2 is 1.06 bits per heavy atom. The number of carboxylic acid groups (broad SMARTS) is 1. The van der Waals surface area contributed by atoms with Crippen molar-refractivity contribution in [1.29, 1.82) is 0 Å². The lowest BCUT2D eigenvalue weighted by molar-refractivity contribution is -0.889. The number of carbonyl (C=O) groups is 3. The number of allylic oxidation sites excluding steroid dienone is 10. The van der Waals surface area contributed by atoms with Crippen LogP contribution in [0.1, 0.15) is 155 Å². The van der Waals surface area contributed by atoms with Crippen molar-refractivity contribution in [1.82, 2.24) is 0 Å². The first-order chi connectivity index (χ1) is 25.6. The first kappa shape index (κ1) is 50.0. The number of carbonyl (C=O) groups excluding carboxylic acids is 3. The van der Waals surface area contributed by atoms with Gasteiger partial charge >= 0.3 is 11.9 Å². The first-order valence-corrected chi connectivity index (χ1v) is 20.8. The second kappa shape index (κ2) is 36.0. The second-order valence-corrected chi connectivity index (χ2v) is 14.8. The van der Waals surface area contributed by atoms with E-state index in [-0.39, 0.29) is 42.7 Å². The highest BCUT2D eigenvalue weighted by Gasteiger charge is 2.25. The van der Waals surface area contributed by atoms with Crippen molar-refractivity contribution in [2.45, 2.75) is 167 Å². The lowest BCUT2D eigenvalue weighted by Gasteiger charge is -2.34. The Kier molecular flexibility index (Phi) is 34.0. The molecule has 2 unspecified atom stereocenters. The Morgan fingerprint density at radius 3 is 1.57 bits per heavy atom. The second-order valence-electron chi connectivity index (χ2n) is 14.8. The summed E-state index contributed by atoms with van der Waals surface area (Å²) in [7, 11) is 5.38. The van der Waals surface area contributed by atoms with Crippen LogP contribution in [0.25, 0.3) is 0 Å². The molecular weight excluding hydrogens is 666 g/mol. The predicted octanol–water partition coefficient (Wildman–Crippen LogP) is 9.69. The number of hydrogen-bond acceptors (Lipinski definition) is 7. The number of ether oxygens (including phenoxy) is 3. The Bertz CT molecular complexity index is 1050. The zero-order chi connectivity index (χ0) is 39.3. The van der Waals surface area contributed by atoms with Crippen LogP contribution < -0.4 is 5.11 Å². The molecule has 0 amide bonds. The Labute approximate surface area is 324 Å². The lowest BCUT2D eigenvalue weighted by atomic mass is 10.1. The molecule has 2 atom stereocenters. The van der Waals surface area contributed by atoms with Gasteiger partial charge in [-0.3, -0.25) is 9.59 Å². The van der Waals surface area contributed by atoms with Crippen molar-refractivity contribution in [2.75, 3.05) is 41.0 Å². The molecule has 0 aliphatic rings. The summed E-state index contributed by atoms with van der Waals surface area (Å²) in [5, 5.41) is 11.6. The van der Waals surface area contributed by atoms with E-state index in [1.54, 1.807) is 21.1 Å². The Balaban J connectivity index is 4.24. The summed E-state index contributed by atoms with van der Waals surface area (Å²) in [5.74, 6) is -1.77. The van der Waals surface area contributed by atoms with Crippen molar-refractivity contribution in [3.05, 3.63) is 60.8 Å². The molecule has 0 spiro atoms. The van der Waals surface area contributed by atoms with E-state index in [4.69, 9.17) is 14.2 Å². The van der Waals surface area contributed by atoms with Gasteiger partial charge in [-0.25, -0.2) is 0 Å². The number of nitrogens with zero attached hydrogens (tertiary/aromatic N) is 1. The van der Waals surface area contributed by atoms with Crippen LogP contribution in [0.4, 0.5) is 0 Å². The molecule has 304 valence electrons. The average molecular weight is 744 g/mol. The van der Waals surface area contributed by atoms with Crippen LogP contribution in [0.2, 0.25) is 0 Å². The third-order valence-electron chi connectivity index (χ3n) is 8.92. The van der Waals surface area contributed by atoms with E-state index in [0.717, 1.165) is 83.5 Å². The fraction of sp³-hybridized carbons (Fsp3) is 0.711. The molecule has 0 saturated carbocycles. The minimum Gasteiger partial charge on any atom is -0.544 e. The highest BCUT2D eigenvalue weighted by Crippen LogP contribution is 2.13. The molecule has 0 aromatic carbocycles. The predicted molar refractivity (Wildman–Crippen MR) is 217 cm³/mol. The van der Waals surface area contributed by atoms with E-state index in [1.807, 2.05) is 0 Å². The summed E-state index contributed by atoms with van der Waals surface area (Å²) in [6.45, 7) is 4.47. The van der Waals surface area contributed by atoms with Crippen LogP contribution in [-0.2, 0) is 28.6 Å². The normalized spacial score (nSPS) is 13.6. The largest absolute Gasteiger partial charge is 0.544 e. The van der Waals surface area contributed by atoms with Crippen LogP contribution in [0.15, 0.2) is 60.8 Å². The van der Waals surface area contributed by atoms with Gasteiger partial charge in [-0.1, -0.05) is 139 Å². The number of likely N-dealkylation sites (N-methyl/N-ethyl adjacent to an activating group) is 1. The minimum atomic E-state index is -1.13. The van der Waals surface area contributed by atoms with Crippen molar-refractivity contribution < 1.29 is 38.2 Å². The third-order valence-corrected chi connectivity index (χ3v) is 8.92. The van der Waals surface area contributed by atoms with E-state index in [2.05, 4.69) is 74.6 Å². The van der Waals surface area contributed by atoms with Crippen LogP contribution in [0.5, 0.6) is 0 Å². The van der Waals surface area contributed by atoms with E-state index in [0.29, 0.717) is 12.8 Å². The number of carboxylic acids is 1. The van der Waals surface area contributed by atoms with E-state index in [9.17, 15) is 19.5 Å². The summed E-state index contributed by atoms with van der Waals surface area (Å²) < 4.78 is 17.0. The van der Waals surface area contributed by atoms with Gasteiger partial charge in [-0.05, 0) is 57.8 Å². The minimum absolute atomic E-state index is 0.0343. The molecular formula is C45H77NO7. The molecule has 0 heterocycles. The molecule has 0 aromatic heterocycles. The maximum Gasteiger partial charge on any atom is 0.306 e. The number of unbranched alkanes of at least 4 members (excludes halogenated alkanes) is 12. The van der Waals surface area contributed by atoms with Crippen molar-refractivity contribution in [3.8, 4) is 0 Å². The van der Waals surface area contributed by atoms with Crippen LogP contribution in [0, 0.1) is 0 Å². The van der Waals surface area contributed by atoms with Crippen LogP contribution in [-0.4, -0.2) is 75.5 Å². The van der Waals surface area contributed by atoms with Gasteiger partial charge in [0, 0.05) is 19.3 Å². The number of rotatable bonds is 36. The van der Waals surface area contributed by atoms with Crippen molar-refractivity contribution in [3.63, 3.8) is 0 Å². The zero-order valence-electron chi connectivity index (χ0n) is 34.4. The van der Waals surface area contributed by atoms with Gasteiger partial charge < -0.3 is 28.6 Å². The Morgan fingerprint density at radius 1 is 0.585 bits per heavy atom. The molecule has 0 aliphatic carbocycles. The first-order valence-electron chi connectivity index (χ1n) is 20.8. The van der Waals surface area contributed by atoms with Gasteiger partial charge in [0.05, 0.1) is 40.3 Å². The molecule has 0 aliphatic heterocycles. The average Bonchev–Trinajstić information content (AvgIpc) is 3.11. The van der Waals surface area contributed by atoms with E-state index in [1.165, 1.54) is 38.5 Å². The fourth-order valence-electron chi connectivity index (χ4n) is 5.68. The third kappa shape index (κ3) is 34.5. The molecule has 8 heteroatoms. The zero-order valence-corrected chi connectivity index (χ0v) is 34.4. The monoisotopic (exact) mass is 744 g/mol. The molecule has 0 N–H and O–H groups in total. The van der Waals surface area contributed by atoms with Gasteiger partial charge in [0.1, 0.15) is 12.6 Å². The fourth-order valence-corrected chi connectivity index (χ4v) is 5.68. The topological polar surface area (TPSA) is 102 Å².